The van der Waals surface area contributed by atoms with E-state index < -0.39 is 10.0 Å². The van der Waals surface area contributed by atoms with Crippen molar-refractivity contribution in [2.45, 2.75) is 16.8 Å². The second-order valence-electron chi connectivity index (χ2n) is 7.18. The number of pyridine rings is 1. The molecule has 3 aromatic rings. The van der Waals surface area contributed by atoms with Crippen LogP contribution >= 0.6 is 11.8 Å². The van der Waals surface area contributed by atoms with Crippen molar-refractivity contribution >= 4 is 38.6 Å². The van der Waals surface area contributed by atoms with Crippen LogP contribution in [-0.2, 0) is 14.8 Å². The van der Waals surface area contributed by atoms with Gasteiger partial charge >= 0.3 is 0 Å². The number of aromatic nitrogens is 1. The van der Waals surface area contributed by atoms with Gasteiger partial charge in [0.05, 0.1) is 21.2 Å². The first-order valence-corrected chi connectivity index (χ1v) is 12.2. The van der Waals surface area contributed by atoms with Crippen molar-refractivity contribution < 1.29 is 13.2 Å². The van der Waals surface area contributed by atoms with E-state index in [1.807, 2.05) is 37.3 Å². The van der Waals surface area contributed by atoms with E-state index in [1.54, 1.807) is 35.2 Å². The van der Waals surface area contributed by atoms with E-state index >= 15 is 0 Å². The second kappa shape index (κ2) is 8.75. The van der Waals surface area contributed by atoms with Crippen LogP contribution in [0.3, 0.4) is 0 Å². The van der Waals surface area contributed by atoms with E-state index in [1.165, 1.54) is 16.1 Å². The molecule has 2 heterocycles. The Labute approximate surface area is 181 Å². The van der Waals surface area contributed by atoms with Crippen molar-refractivity contribution in [3.63, 3.8) is 0 Å². The van der Waals surface area contributed by atoms with Crippen LogP contribution in [0.25, 0.3) is 10.9 Å². The molecule has 30 heavy (non-hydrogen) atoms. The van der Waals surface area contributed by atoms with Crippen LogP contribution in [0.2, 0.25) is 0 Å². The molecular formula is C22H23N3O3S2. The molecule has 0 N–H and O–H groups in total. The monoisotopic (exact) mass is 441 g/mol. The second-order valence-corrected chi connectivity index (χ2v) is 10.1. The lowest BCUT2D eigenvalue weighted by Gasteiger charge is -2.34. The Balaban J connectivity index is 1.35. The maximum absolute atomic E-state index is 12.7. The number of hydrogen-bond donors (Lipinski definition) is 0. The summed E-state index contributed by atoms with van der Waals surface area (Å²) in [6.07, 6.45) is 0. The SMILES string of the molecule is Cc1cc(SCC(=O)N2CCN(S(=O)(=O)c3ccccc3)CC2)nc2ccccc12. The highest BCUT2D eigenvalue weighted by molar-refractivity contribution is 7.99. The number of thioether (sulfide) groups is 1. The molecule has 156 valence electrons. The topological polar surface area (TPSA) is 70.6 Å². The highest BCUT2D eigenvalue weighted by Crippen LogP contribution is 2.24. The summed E-state index contributed by atoms with van der Waals surface area (Å²) in [5.74, 6) is 0.292. The molecule has 2 aromatic carbocycles. The predicted octanol–water partition coefficient (Wildman–Crippen LogP) is 3.17. The van der Waals surface area contributed by atoms with E-state index in [0.29, 0.717) is 26.2 Å². The average Bonchev–Trinajstić information content (AvgIpc) is 2.78. The van der Waals surface area contributed by atoms with Crippen LogP contribution < -0.4 is 0 Å². The molecule has 0 unspecified atom stereocenters. The molecule has 0 aliphatic carbocycles. The molecule has 0 radical (unpaired) electrons. The molecule has 1 saturated heterocycles. The Morgan fingerprint density at radius 2 is 1.67 bits per heavy atom. The number of carbonyl (C=O) groups is 1. The maximum atomic E-state index is 12.7. The number of carbonyl (C=O) groups excluding carboxylic acids is 1. The molecule has 1 aliphatic heterocycles. The highest BCUT2D eigenvalue weighted by atomic mass is 32.2. The summed E-state index contributed by atoms with van der Waals surface area (Å²) in [5, 5.41) is 1.94. The molecule has 0 saturated carbocycles. The van der Waals surface area contributed by atoms with Gasteiger partial charge in [0.25, 0.3) is 0 Å². The summed E-state index contributed by atoms with van der Waals surface area (Å²) >= 11 is 1.42. The molecule has 4 rings (SSSR count). The fraction of sp³-hybridized carbons (Fsp3) is 0.273. The summed E-state index contributed by atoms with van der Waals surface area (Å²) in [6, 6.07) is 18.4. The molecule has 0 bridgehead atoms. The van der Waals surface area contributed by atoms with Gasteiger partial charge in [-0.2, -0.15) is 4.31 Å². The van der Waals surface area contributed by atoms with E-state index in [-0.39, 0.29) is 16.6 Å². The van der Waals surface area contributed by atoms with Gasteiger partial charge in [0.1, 0.15) is 0 Å². The van der Waals surface area contributed by atoms with Gasteiger partial charge in [-0.05, 0) is 36.8 Å². The first-order chi connectivity index (χ1) is 14.4. The molecule has 1 aromatic heterocycles. The fourth-order valence-electron chi connectivity index (χ4n) is 3.54. The zero-order valence-electron chi connectivity index (χ0n) is 16.7. The number of fused-ring (bicyclic) bond motifs is 1. The zero-order chi connectivity index (χ0) is 21.1. The third kappa shape index (κ3) is 4.35. The van der Waals surface area contributed by atoms with Gasteiger partial charge in [-0.25, -0.2) is 13.4 Å². The van der Waals surface area contributed by atoms with Crippen LogP contribution in [-0.4, -0.2) is 60.4 Å². The minimum absolute atomic E-state index is 0.00405. The number of amides is 1. The molecule has 1 amide bonds. The lowest BCUT2D eigenvalue weighted by Crippen LogP contribution is -2.50. The van der Waals surface area contributed by atoms with Gasteiger partial charge < -0.3 is 4.90 Å². The van der Waals surface area contributed by atoms with E-state index in [4.69, 9.17) is 0 Å². The van der Waals surface area contributed by atoms with E-state index in [2.05, 4.69) is 4.98 Å². The van der Waals surface area contributed by atoms with Crippen molar-refractivity contribution in [2.75, 3.05) is 31.9 Å². The number of hydrogen-bond acceptors (Lipinski definition) is 5. The number of rotatable bonds is 5. The highest BCUT2D eigenvalue weighted by Gasteiger charge is 2.29. The van der Waals surface area contributed by atoms with Crippen molar-refractivity contribution in [3.05, 3.63) is 66.2 Å². The summed E-state index contributed by atoms with van der Waals surface area (Å²) < 4.78 is 26.9. The van der Waals surface area contributed by atoms with Crippen LogP contribution in [0.4, 0.5) is 0 Å². The van der Waals surface area contributed by atoms with Crippen molar-refractivity contribution in [3.8, 4) is 0 Å². The Morgan fingerprint density at radius 1 is 1.00 bits per heavy atom. The molecule has 6 nitrogen and oxygen atoms in total. The molecule has 1 aliphatic rings. The number of benzene rings is 2. The van der Waals surface area contributed by atoms with E-state index in [9.17, 15) is 13.2 Å². The average molecular weight is 442 g/mol. The normalized spacial score (nSPS) is 15.4. The summed E-state index contributed by atoms with van der Waals surface area (Å²) in [4.78, 5) is 19.3. The van der Waals surface area contributed by atoms with Gasteiger partial charge in [0.15, 0.2) is 0 Å². The van der Waals surface area contributed by atoms with Gasteiger partial charge in [-0.3, -0.25) is 4.79 Å². The smallest absolute Gasteiger partial charge is 0.243 e. The van der Waals surface area contributed by atoms with Gasteiger partial charge in [-0.1, -0.05) is 48.2 Å². The lowest BCUT2D eigenvalue weighted by atomic mass is 10.1. The van der Waals surface area contributed by atoms with Crippen LogP contribution in [0.15, 0.2) is 70.6 Å². The molecular weight excluding hydrogens is 418 g/mol. The van der Waals surface area contributed by atoms with Gasteiger partial charge in [-0.15, -0.1) is 0 Å². The van der Waals surface area contributed by atoms with Gasteiger partial charge in [0, 0.05) is 31.6 Å². The summed E-state index contributed by atoms with van der Waals surface area (Å²) in [7, 11) is -3.51. The van der Waals surface area contributed by atoms with Crippen molar-refractivity contribution in [1.29, 1.82) is 0 Å². The molecule has 1 fully saturated rings. The summed E-state index contributed by atoms with van der Waals surface area (Å²) in [5.41, 5.74) is 2.06. The van der Waals surface area contributed by atoms with Crippen LogP contribution in [0.1, 0.15) is 5.56 Å². The lowest BCUT2D eigenvalue weighted by molar-refractivity contribution is -0.129. The number of nitrogens with zero attached hydrogens (tertiary/aromatic N) is 3. The van der Waals surface area contributed by atoms with Gasteiger partial charge in [0.2, 0.25) is 15.9 Å². The Bertz CT molecular complexity index is 1160. The Morgan fingerprint density at radius 3 is 2.40 bits per heavy atom. The van der Waals surface area contributed by atoms with Crippen molar-refractivity contribution in [2.24, 2.45) is 0 Å². The maximum Gasteiger partial charge on any atom is 0.243 e. The summed E-state index contributed by atoms with van der Waals surface area (Å²) in [6.45, 7) is 3.45. The fourth-order valence-corrected chi connectivity index (χ4v) is 5.86. The molecule has 0 atom stereocenters. The minimum atomic E-state index is -3.51. The first-order valence-electron chi connectivity index (χ1n) is 9.77. The van der Waals surface area contributed by atoms with Crippen LogP contribution in [0.5, 0.6) is 0 Å². The molecule has 0 spiro atoms. The molecule has 8 heteroatoms. The standard InChI is InChI=1S/C22H23N3O3S2/c1-17-15-21(23-20-10-6-5-9-19(17)20)29-16-22(26)24-11-13-25(14-12-24)30(27,28)18-7-3-2-4-8-18/h2-10,15H,11-14,16H2,1H3. The number of sulfonamides is 1. The Kier molecular flexibility index (Phi) is 6.08. The minimum Gasteiger partial charge on any atom is -0.339 e. The third-order valence-corrected chi connectivity index (χ3v) is 8.02. The van der Waals surface area contributed by atoms with Crippen LogP contribution in [0, 0.1) is 6.92 Å². The quantitative estimate of drug-likeness (QED) is 0.569. The zero-order valence-corrected chi connectivity index (χ0v) is 18.3. The third-order valence-electron chi connectivity index (χ3n) is 5.22. The predicted molar refractivity (Wildman–Crippen MR) is 119 cm³/mol. The van der Waals surface area contributed by atoms with Crippen molar-refractivity contribution in [1.82, 2.24) is 14.2 Å². The van der Waals surface area contributed by atoms with E-state index in [0.717, 1.165) is 21.5 Å². The number of aryl methyl sites for hydroxylation is 1. The number of para-hydroxylation sites is 1. The number of piperazine rings is 1. The Hall–Kier alpha value is -2.42. The first kappa shape index (κ1) is 20.8. The largest absolute Gasteiger partial charge is 0.339 e.